The van der Waals surface area contributed by atoms with E-state index >= 15 is 0 Å². The number of carbonyl (C=O) groups is 2. The maximum absolute atomic E-state index is 12.1. The molecule has 0 radical (unpaired) electrons. The molecule has 2 rings (SSSR count). The molecule has 2 atom stereocenters. The zero-order valence-electron chi connectivity index (χ0n) is 14.3. The second-order valence-electron chi connectivity index (χ2n) is 6.90. The van der Waals surface area contributed by atoms with Crippen molar-refractivity contribution < 1.29 is 14.3 Å². The third-order valence-corrected chi connectivity index (χ3v) is 3.86. The summed E-state index contributed by atoms with van der Waals surface area (Å²) in [4.78, 5) is 24.0. The molecule has 0 saturated carbocycles. The molecule has 0 aromatic heterocycles. The molecule has 1 saturated heterocycles. The minimum atomic E-state index is -0.596. The fourth-order valence-corrected chi connectivity index (χ4v) is 2.26. The second-order valence-corrected chi connectivity index (χ2v) is 6.90. The average Bonchev–Trinajstić information content (AvgIpc) is 3.01. The number of nitrogens with two attached hydrogens (primary N) is 1. The Hall–Kier alpha value is -1.63. The second kappa shape index (κ2) is 8.46. The third-order valence-electron chi connectivity index (χ3n) is 3.86. The summed E-state index contributed by atoms with van der Waals surface area (Å²) in [5.41, 5.74) is 6.93. The van der Waals surface area contributed by atoms with Gasteiger partial charge >= 0.3 is 0 Å². The van der Waals surface area contributed by atoms with Crippen LogP contribution in [0.25, 0.3) is 0 Å². The molecule has 7 heteroatoms. The standard InChI is InChI=1S/C17H25N3O3.ClH/c1-17(2,3)14(18)16(22)20-12-8-6-11(7-9-12)19-15(21)13-5-4-10-23-13;/h6-9,13-14H,4-5,10,18H2,1-3H3,(H,19,21)(H,20,22);1H/t13?,14-;/m1./s1. The third kappa shape index (κ3) is 5.47. The highest BCUT2D eigenvalue weighted by Crippen LogP contribution is 2.20. The first kappa shape index (κ1) is 20.4. The molecule has 1 heterocycles. The van der Waals surface area contributed by atoms with Crippen molar-refractivity contribution in [2.24, 2.45) is 11.1 Å². The molecule has 0 spiro atoms. The van der Waals surface area contributed by atoms with Gasteiger partial charge < -0.3 is 21.1 Å². The summed E-state index contributed by atoms with van der Waals surface area (Å²) >= 11 is 0. The van der Waals surface area contributed by atoms with Crippen molar-refractivity contribution in [3.63, 3.8) is 0 Å². The molecular formula is C17H26ClN3O3. The van der Waals surface area contributed by atoms with Gasteiger partial charge in [0.05, 0.1) is 6.04 Å². The molecule has 1 aliphatic heterocycles. The Morgan fingerprint density at radius 2 is 1.71 bits per heavy atom. The predicted octanol–water partition coefficient (Wildman–Crippen LogP) is 2.54. The lowest BCUT2D eigenvalue weighted by Crippen LogP contribution is -2.45. The fourth-order valence-electron chi connectivity index (χ4n) is 2.26. The molecule has 1 unspecified atom stereocenters. The van der Waals surface area contributed by atoms with Gasteiger partial charge in [-0.05, 0) is 42.5 Å². The Kier molecular flexibility index (Phi) is 7.20. The van der Waals surface area contributed by atoms with E-state index in [4.69, 9.17) is 10.5 Å². The Morgan fingerprint density at radius 1 is 1.17 bits per heavy atom. The van der Waals surface area contributed by atoms with Crippen molar-refractivity contribution in [3.8, 4) is 0 Å². The van der Waals surface area contributed by atoms with Crippen molar-refractivity contribution in [1.82, 2.24) is 0 Å². The first-order valence-electron chi connectivity index (χ1n) is 7.86. The first-order chi connectivity index (χ1) is 10.8. The summed E-state index contributed by atoms with van der Waals surface area (Å²) in [5.74, 6) is -0.359. The number of anilines is 2. The van der Waals surface area contributed by atoms with Crippen molar-refractivity contribution >= 4 is 35.6 Å². The quantitative estimate of drug-likeness (QED) is 0.773. The van der Waals surface area contributed by atoms with E-state index in [1.807, 2.05) is 20.8 Å². The van der Waals surface area contributed by atoms with Gasteiger partial charge in [0.2, 0.25) is 5.91 Å². The molecule has 24 heavy (non-hydrogen) atoms. The fraction of sp³-hybridized carbons (Fsp3) is 0.529. The smallest absolute Gasteiger partial charge is 0.253 e. The molecule has 2 amide bonds. The van der Waals surface area contributed by atoms with Gasteiger partial charge in [-0.25, -0.2) is 0 Å². The van der Waals surface area contributed by atoms with Crippen LogP contribution in [0, 0.1) is 5.41 Å². The maximum atomic E-state index is 12.1. The van der Waals surface area contributed by atoms with Crippen LogP contribution in [0.1, 0.15) is 33.6 Å². The molecule has 1 aromatic carbocycles. The summed E-state index contributed by atoms with van der Waals surface area (Å²) in [6, 6.07) is 6.36. The van der Waals surface area contributed by atoms with Crippen LogP contribution in [0.15, 0.2) is 24.3 Å². The van der Waals surface area contributed by atoms with Gasteiger partial charge in [0.15, 0.2) is 0 Å². The Bertz CT molecular complexity index is 563. The first-order valence-corrected chi connectivity index (χ1v) is 7.86. The zero-order valence-corrected chi connectivity index (χ0v) is 15.1. The average molecular weight is 356 g/mol. The van der Waals surface area contributed by atoms with E-state index < -0.39 is 6.04 Å². The lowest BCUT2D eigenvalue weighted by molar-refractivity contribution is -0.124. The molecule has 1 aromatic rings. The summed E-state index contributed by atoms with van der Waals surface area (Å²) in [5, 5.41) is 5.59. The van der Waals surface area contributed by atoms with E-state index in [0.29, 0.717) is 18.0 Å². The normalized spacial score (nSPS) is 18.4. The Labute approximate surface area is 148 Å². The minimum Gasteiger partial charge on any atom is -0.368 e. The van der Waals surface area contributed by atoms with Gasteiger partial charge in [0, 0.05) is 18.0 Å². The van der Waals surface area contributed by atoms with E-state index in [1.54, 1.807) is 24.3 Å². The molecule has 0 bridgehead atoms. The largest absolute Gasteiger partial charge is 0.368 e. The number of ether oxygens (including phenoxy) is 1. The molecule has 1 fully saturated rings. The van der Waals surface area contributed by atoms with E-state index in [0.717, 1.165) is 12.8 Å². The number of amides is 2. The molecule has 6 nitrogen and oxygen atoms in total. The van der Waals surface area contributed by atoms with Crippen LogP contribution in [0.3, 0.4) is 0 Å². The maximum Gasteiger partial charge on any atom is 0.253 e. The van der Waals surface area contributed by atoms with Gasteiger partial charge in [-0.1, -0.05) is 20.8 Å². The number of nitrogens with one attached hydrogen (secondary N) is 2. The van der Waals surface area contributed by atoms with Crippen molar-refractivity contribution in [3.05, 3.63) is 24.3 Å². The molecule has 0 aliphatic carbocycles. The van der Waals surface area contributed by atoms with Gasteiger partial charge in [-0.3, -0.25) is 9.59 Å². The van der Waals surface area contributed by atoms with Crippen LogP contribution in [-0.4, -0.2) is 30.6 Å². The predicted molar refractivity (Wildman–Crippen MR) is 97.4 cm³/mol. The number of carbonyl (C=O) groups excluding carboxylic acids is 2. The summed E-state index contributed by atoms with van der Waals surface area (Å²) < 4.78 is 5.34. The van der Waals surface area contributed by atoms with E-state index in [2.05, 4.69) is 10.6 Å². The highest BCUT2D eigenvalue weighted by molar-refractivity contribution is 5.96. The van der Waals surface area contributed by atoms with Gasteiger partial charge in [0.25, 0.3) is 5.91 Å². The van der Waals surface area contributed by atoms with Gasteiger partial charge in [-0.15, -0.1) is 12.4 Å². The molecular weight excluding hydrogens is 330 g/mol. The molecule has 1 aliphatic rings. The zero-order chi connectivity index (χ0) is 17.0. The molecule has 134 valence electrons. The van der Waals surface area contributed by atoms with Crippen LogP contribution in [0.4, 0.5) is 11.4 Å². The summed E-state index contributed by atoms with van der Waals surface area (Å²) in [6.07, 6.45) is 1.31. The number of hydrogen-bond acceptors (Lipinski definition) is 4. The summed E-state index contributed by atoms with van der Waals surface area (Å²) in [7, 11) is 0. The highest BCUT2D eigenvalue weighted by Gasteiger charge is 2.27. The lowest BCUT2D eigenvalue weighted by atomic mass is 9.87. The van der Waals surface area contributed by atoms with Crippen molar-refractivity contribution in [2.75, 3.05) is 17.2 Å². The van der Waals surface area contributed by atoms with Gasteiger partial charge in [-0.2, -0.15) is 0 Å². The number of halogens is 1. The SMILES string of the molecule is CC(C)(C)[C@H](N)C(=O)Nc1ccc(NC(=O)C2CCCO2)cc1.Cl. The lowest BCUT2D eigenvalue weighted by Gasteiger charge is -2.25. The number of rotatable bonds is 4. The van der Waals surface area contributed by atoms with Crippen LogP contribution < -0.4 is 16.4 Å². The van der Waals surface area contributed by atoms with E-state index in [-0.39, 0.29) is 35.7 Å². The van der Waals surface area contributed by atoms with Crippen LogP contribution in [-0.2, 0) is 14.3 Å². The van der Waals surface area contributed by atoms with E-state index in [1.165, 1.54) is 0 Å². The Balaban J connectivity index is 0.00000288. The number of hydrogen-bond donors (Lipinski definition) is 3. The highest BCUT2D eigenvalue weighted by atomic mass is 35.5. The van der Waals surface area contributed by atoms with Crippen LogP contribution in [0.2, 0.25) is 0 Å². The number of benzene rings is 1. The topological polar surface area (TPSA) is 93.5 Å². The van der Waals surface area contributed by atoms with Crippen molar-refractivity contribution in [2.45, 2.75) is 45.8 Å². The van der Waals surface area contributed by atoms with Gasteiger partial charge in [0.1, 0.15) is 6.10 Å². The van der Waals surface area contributed by atoms with Crippen molar-refractivity contribution in [1.29, 1.82) is 0 Å². The van der Waals surface area contributed by atoms with E-state index in [9.17, 15) is 9.59 Å². The van der Waals surface area contributed by atoms with Crippen LogP contribution >= 0.6 is 12.4 Å². The summed E-state index contributed by atoms with van der Waals surface area (Å²) in [6.45, 7) is 6.39. The minimum absolute atomic E-state index is 0. The molecule has 4 N–H and O–H groups in total. The Morgan fingerprint density at radius 3 is 2.17 bits per heavy atom. The van der Waals surface area contributed by atoms with Crippen LogP contribution in [0.5, 0.6) is 0 Å². The monoisotopic (exact) mass is 355 g/mol.